The molecule has 0 aromatic heterocycles. The van der Waals surface area contributed by atoms with Crippen LogP contribution in [0.3, 0.4) is 0 Å². The molecule has 0 spiro atoms. The summed E-state index contributed by atoms with van der Waals surface area (Å²) < 4.78 is 0. The fourth-order valence-corrected chi connectivity index (χ4v) is 2.27. The van der Waals surface area contributed by atoms with Crippen LogP contribution >= 0.6 is 0 Å². The van der Waals surface area contributed by atoms with E-state index in [1.807, 2.05) is 0 Å². The summed E-state index contributed by atoms with van der Waals surface area (Å²) in [6.07, 6.45) is 2.45. The van der Waals surface area contributed by atoms with Gasteiger partial charge < -0.3 is 10.4 Å². The highest BCUT2D eigenvalue weighted by Crippen LogP contribution is 2.24. The van der Waals surface area contributed by atoms with Crippen LogP contribution < -0.4 is 5.32 Å². The van der Waals surface area contributed by atoms with E-state index in [2.05, 4.69) is 10.2 Å². The molecule has 0 radical (unpaired) electrons. The number of fused-ring (bicyclic) bond motifs is 1. The van der Waals surface area contributed by atoms with Gasteiger partial charge in [-0.05, 0) is 12.8 Å². The summed E-state index contributed by atoms with van der Waals surface area (Å²) in [5.74, 6) is 0. The highest BCUT2D eigenvalue weighted by atomic mass is 16.3. The van der Waals surface area contributed by atoms with Crippen LogP contribution in [-0.4, -0.2) is 48.3 Å². The lowest BCUT2D eigenvalue weighted by molar-refractivity contribution is 0.112. The van der Waals surface area contributed by atoms with Gasteiger partial charge in [-0.2, -0.15) is 0 Å². The Kier molecular flexibility index (Phi) is 2.11. The zero-order chi connectivity index (χ0) is 7.68. The third-order valence-corrected chi connectivity index (χ3v) is 2.91. The number of hydrogen-bond acceptors (Lipinski definition) is 3. The van der Waals surface area contributed by atoms with Crippen molar-refractivity contribution < 1.29 is 5.11 Å². The van der Waals surface area contributed by atoms with Crippen LogP contribution in [0.5, 0.6) is 0 Å². The number of rotatable bonds is 1. The Morgan fingerprint density at radius 3 is 3.18 bits per heavy atom. The molecular weight excluding hydrogens is 140 g/mol. The summed E-state index contributed by atoms with van der Waals surface area (Å²) in [7, 11) is 0. The van der Waals surface area contributed by atoms with Crippen molar-refractivity contribution in [3.63, 3.8) is 0 Å². The van der Waals surface area contributed by atoms with Gasteiger partial charge in [0.25, 0.3) is 0 Å². The second kappa shape index (κ2) is 3.09. The van der Waals surface area contributed by atoms with E-state index in [1.165, 1.54) is 12.8 Å². The number of nitrogens with zero attached hydrogens (tertiary/aromatic N) is 1. The minimum absolute atomic E-state index is 0.344. The largest absolute Gasteiger partial charge is 0.395 e. The molecule has 3 heteroatoms. The Morgan fingerprint density at radius 2 is 2.36 bits per heavy atom. The molecule has 2 saturated heterocycles. The van der Waals surface area contributed by atoms with E-state index >= 15 is 0 Å². The molecule has 0 aromatic rings. The van der Waals surface area contributed by atoms with Crippen molar-refractivity contribution in [2.45, 2.75) is 24.9 Å². The molecule has 2 fully saturated rings. The van der Waals surface area contributed by atoms with E-state index in [0.717, 1.165) is 19.6 Å². The molecular formula is C8H16N2O. The van der Waals surface area contributed by atoms with Gasteiger partial charge in [0.1, 0.15) is 0 Å². The molecule has 3 nitrogen and oxygen atoms in total. The molecule has 2 rings (SSSR count). The molecule has 11 heavy (non-hydrogen) atoms. The summed E-state index contributed by atoms with van der Waals surface area (Å²) in [4.78, 5) is 2.45. The summed E-state index contributed by atoms with van der Waals surface area (Å²) in [5, 5.41) is 12.4. The average Bonchev–Trinajstić information content (AvgIpc) is 2.47. The Bertz CT molecular complexity index is 134. The first-order valence-electron chi connectivity index (χ1n) is 4.49. The average molecular weight is 156 g/mol. The minimum Gasteiger partial charge on any atom is -0.395 e. The second-order valence-corrected chi connectivity index (χ2v) is 3.51. The van der Waals surface area contributed by atoms with Crippen LogP contribution in [0.4, 0.5) is 0 Å². The highest BCUT2D eigenvalue weighted by molar-refractivity contribution is 4.91. The highest BCUT2D eigenvalue weighted by Gasteiger charge is 2.33. The molecule has 0 amide bonds. The maximum Gasteiger partial charge on any atom is 0.0587 e. The van der Waals surface area contributed by atoms with Crippen LogP contribution in [0.15, 0.2) is 0 Å². The lowest BCUT2D eigenvalue weighted by atomic mass is 10.2. The molecule has 2 unspecified atom stereocenters. The van der Waals surface area contributed by atoms with Gasteiger partial charge in [-0.1, -0.05) is 0 Å². The van der Waals surface area contributed by atoms with Gasteiger partial charge in [-0.3, -0.25) is 4.90 Å². The van der Waals surface area contributed by atoms with Gasteiger partial charge in [-0.25, -0.2) is 0 Å². The van der Waals surface area contributed by atoms with E-state index in [1.54, 1.807) is 0 Å². The molecule has 2 aliphatic rings. The Hall–Kier alpha value is -0.120. The standard InChI is InChI=1S/C8H16N2O/c11-6-8-2-1-7-5-9-3-4-10(7)8/h7-9,11H,1-6H2. The van der Waals surface area contributed by atoms with Crippen molar-refractivity contribution in [2.24, 2.45) is 0 Å². The van der Waals surface area contributed by atoms with Crippen LogP contribution in [0, 0.1) is 0 Å². The number of aliphatic hydroxyl groups excluding tert-OH is 1. The number of nitrogens with one attached hydrogen (secondary N) is 1. The van der Waals surface area contributed by atoms with Gasteiger partial charge in [0.05, 0.1) is 6.61 Å². The van der Waals surface area contributed by atoms with Gasteiger partial charge in [0.15, 0.2) is 0 Å². The van der Waals surface area contributed by atoms with E-state index < -0.39 is 0 Å². The zero-order valence-electron chi connectivity index (χ0n) is 6.79. The summed E-state index contributed by atoms with van der Waals surface area (Å²) >= 11 is 0. The maximum atomic E-state index is 9.04. The predicted octanol–water partition coefficient (Wildman–Crippen LogP) is -0.585. The van der Waals surface area contributed by atoms with Crippen molar-refractivity contribution in [1.29, 1.82) is 0 Å². The lowest BCUT2D eigenvalue weighted by Gasteiger charge is -2.33. The van der Waals surface area contributed by atoms with Crippen molar-refractivity contribution in [3.8, 4) is 0 Å². The zero-order valence-corrected chi connectivity index (χ0v) is 6.79. The number of piperazine rings is 1. The molecule has 0 saturated carbocycles. The van der Waals surface area contributed by atoms with E-state index in [4.69, 9.17) is 5.11 Å². The third kappa shape index (κ3) is 1.28. The van der Waals surface area contributed by atoms with E-state index in [0.29, 0.717) is 18.7 Å². The smallest absolute Gasteiger partial charge is 0.0587 e. The normalized spacial score (nSPS) is 39.0. The fraction of sp³-hybridized carbons (Fsp3) is 1.00. The predicted molar refractivity (Wildman–Crippen MR) is 43.5 cm³/mol. The lowest BCUT2D eigenvalue weighted by Crippen LogP contribution is -2.51. The number of aliphatic hydroxyl groups is 1. The Labute approximate surface area is 67.4 Å². The van der Waals surface area contributed by atoms with Crippen LogP contribution in [0.1, 0.15) is 12.8 Å². The monoisotopic (exact) mass is 156 g/mol. The molecule has 0 bridgehead atoms. The first-order valence-corrected chi connectivity index (χ1v) is 4.49. The van der Waals surface area contributed by atoms with Crippen molar-refractivity contribution in [3.05, 3.63) is 0 Å². The van der Waals surface area contributed by atoms with Gasteiger partial charge in [0.2, 0.25) is 0 Å². The van der Waals surface area contributed by atoms with Gasteiger partial charge >= 0.3 is 0 Å². The first-order chi connectivity index (χ1) is 5.42. The van der Waals surface area contributed by atoms with Gasteiger partial charge in [-0.15, -0.1) is 0 Å². The first kappa shape index (κ1) is 7.53. The Morgan fingerprint density at radius 1 is 1.45 bits per heavy atom. The van der Waals surface area contributed by atoms with Crippen LogP contribution in [0.2, 0.25) is 0 Å². The maximum absolute atomic E-state index is 9.04. The quantitative estimate of drug-likeness (QED) is 0.533. The summed E-state index contributed by atoms with van der Waals surface area (Å²) in [6.45, 7) is 3.68. The van der Waals surface area contributed by atoms with Crippen LogP contribution in [0.25, 0.3) is 0 Å². The van der Waals surface area contributed by atoms with Crippen molar-refractivity contribution in [1.82, 2.24) is 10.2 Å². The second-order valence-electron chi connectivity index (χ2n) is 3.51. The van der Waals surface area contributed by atoms with Gasteiger partial charge in [0, 0.05) is 31.7 Å². The molecule has 2 atom stereocenters. The molecule has 0 aromatic carbocycles. The summed E-state index contributed by atoms with van der Waals surface area (Å²) in [5.41, 5.74) is 0. The Balaban J connectivity index is 1.98. The number of hydrogen-bond donors (Lipinski definition) is 2. The molecule has 2 aliphatic heterocycles. The summed E-state index contributed by atoms with van der Waals surface area (Å²) in [6, 6.07) is 1.17. The molecule has 64 valence electrons. The molecule has 2 heterocycles. The SMILES string of the molecule is OCC1CCC2CNCCN12. The third-order valence-electron chi connectivity index (χ3n) is 2.91. The molecule has 2 N–H and O–H groups in total. The van der Waals surface area contributed by atoms with E-state index in [-0.39, 0.29) is 0 Å². The van der Waals surface area contributed by atoms with Crippen LogP contribution in [-0.2, 0) is 0 Å². The van der Waals surface area contributed by atoms with Crippen molar-refractivity contribution >= 4 is 0 Å². The fourth-order valence-electron chi connectivity index (χ4n) is 2.27. The minimum atomic E-state index is 0.344. The van der Waals surface area contributed by atoms with Crippen molar-refractivity contribution in [2.75, 3.05) is 26.2 Å². The van der Waals surface area contributed by atoms with E-state index in [9.17, 15) is 0 Å². The molecule has 0 aliphatic carbocycles. The topological polar surface area (TPSA) is 35.5 Å².